The fourth-order valence-corrected chi connectivity index (χ4v) is 5.62. The van der Waals surface area contributed by atoms with E-state index in [4.69, 9.17) is 0 Å². The van der Waals surface area contributed by atoms with Crippen molar-refractivity contribution in [3.05, 3.63) is 109 Å². The highest BCUT2D eigenvalue weighted by atomic mass is 32.2. The molecule has 0 aliphatic heterocycles. The van der Waals surface area contributed by atoms with Gasteiger partial charge in [-0.1, -0.05) is 42.5 Å². The number of anilines is 4. The number of nitrogens with one attached hydrogen (secondary N) is 5. The summed E-state index contributed by atoms with van der Waals surface area (Å²) >= 11 is 0. The van der Waals surface area contributed by atoms with Crippen molar-refractivity contribution < 1.29 is 26.4 Å². The fraction of sp³-hybridized carbons (Fsp3) is 0.0370. The molecule has 0 aliphatic rings. The van der Waals surface area contributed by atoms with Crippen LogP contribution in [0.5, 0.6) is 0 Å². The van der Waals surface area contributed by atoms with Gasteiger partial charge in [0.05, 0.1) is 21.2 Å². The summed E-state index contributed by atoms with van der Waals surface area (Å²) in [5, 5.41) is 7.63. The zero-order valence-electron chi connectivity index (χ0n) is 21.1. The number of carbonyl (C=O) groups excluding carboxylic acids is 2. The van der Waals surface area contributed by atoms with Gasteiger partial charge in [0.2, 0.25) is 0 Å². The van der Waals surface area contributed by atoms with Crippen LogP contribution in [0.3, 0.4) is 0 Å². The summed E-state index contributed by atoms with van der Waals surface area (Å²) in [6, 6.07) is 24.6. The molecule has 4 aromatic rings. The van der Waals surface area contributed by atoms with Gasteiger partial charge in [0.15, 0.2) is 0 Å². The zero-order chi connectivity index (χ0) is 28.8. The van der Waals surface area contributed by atoms with E-state index in [9.17, 15) is 26.4 Å². The Morgan fingerprint density at radius 3 is 1.82 bits per heavy atom. The number of hydrogen-bond acceptors (Lipinski definition) is 6. The van der Waals surface area contributed by atoms with Gasteiger partial charge < -0.3 is 16.0 Å². The van der Waals surface area contributed by atoms with Crippen LogP contribution in [0.1, 0.15) is 5.56 Å². The SMILES string of the molecule is Cc1cccc(S(=O)(=O)NC(=O)Nc2ccc(S(=O)(=O)Nc3ccccc3NC(=O)Nc3ccccc3)cc2)c1. The molecular weight excluding hydrogens is 554 g/mol. The standard InChI is InChI=1S/C27H25N5O6S2/c1-19-8-7-11-23(18-19)40(37,38)32-27(34)29-21-14-16-22(17-15-21)39(35,36)31-25-13-6-5-12-24(25)30-26(33)28-20-9-3-2-4-10-20/h2-18,31H,1H3,(H2,28,30,33)(H2,29,32,34). The monoisotopic (exact) mass is 579 g/mol. The maximum atomic E-state index is 13.0. The van der Waals surface area contributed by atoms with Crippen molar-refractivity contribution in [2.75, 3.05) is 20.7 Å². The number of para-hydroxylation sites is 3. The predicted octanol–water partition coefficient (Wildman–Crippen LogP) is 4.95. The van der Waals surface area contributed by atoms with E-state index in [0.29, 0.717) is 11.3 Å². The van der Waals surface area contributed by atoms with E-state index in [2.05, 4.69) is 20.7 Å². The number of aryl methyl sites for hydroxylation is 1. The highest BCUT2D eigenvalue weighted by Crippen LogP contribution is 2.25. The van der Waals surface area contributed by atoms with Crippen molar-refractivity contribution in [3.63, 3.8) is 0 Å². The summed E-state index contributed by atoms with van der Waals surface area (Å²) in [4.78, 5) is 24.5. The zero-order valence-corrected chi connectivity index (χ0v) is 22.7. The highest BCUT2D eigenvalue weighted by molar-refractivity contribution is 7.92. The minimum atomic E-state index is -4.10. The van der Waals surface area contributed by atoms with Crippen LogP contribution in [-0.4, -0.2) is 28.9 Å². The lowest BCUT2D eigenvalue weighted by molar-refractivity contribution is 0.256. The summed E-state index contributed by atoms with van der Waals surface area (Å²) < 4.78 is 55.3. The second kappa shape index (κ2) is 11.9. The van der Waals surface area contributed by atoms with Crippen LogP contribution in [0, 0.1) is 6.92 Å². The summed E-state index contributed by atoms with van der Waals surface area (Å²) in [6.45, 7) is 1.72. The van der Waals surface area contributed by atoms with Gasteiger partial charge in [-0.05, 0) is 73.2 Å². The maximum Gasteiger partial charge on any atom is 0.333 e. The molecule has 0 spiro atoms. The minimum absolute atomic E-state index is 0.0671. The Bertz CT molecular complexity index is 1740. The van der Waals surface area contributed by atoms with Crippen LogP contribution in [0.15, 0.2) is 113 Å². The number of hydrogen-bond donors (Lipinski definition) is 5. The molecule has 0 atom stereocenters. The second-order valence-electron chi connectivity index (χ2n) is 8.50. The first-order valence-electron chi connectivity index (χ1n) is 11.8. The van der Waals surface area contributed by atoms with Gasteiger partial charge in [-0.2, -0.15) is 0 Å². The summed E-state index contributed by atoms with van der Waals surface area (Å²) in [5.74, 6) is 0. The van der Waals surface area contributed by atoms with Crippen molar-refractivity contribution in [2.24, 2.45) is 0 Å². The van der Waals surface area contributed by atoms with Gasteiger partial charge in [0.25, 0.3) is 20.0 Å². The number of amides is 4. The lowest BCUT2D eigenvalue weighted by Gasteiger charge is -2.14. The average molecular weight is 580 g/mol. The number of benzene rings is 4. The summed E-state index contributed by atoms with van der Waals surface area (Å²) in [5.41, 5.74) is 1.80. The van der Waals surface area contributed by atoms with Crippen LogP contribution in [-0.2, 0) is 20.0 Å². The Hall–Kier alpha value is -4.88. The Labute approximate surface area is 231 Å². The molecule has 0 heterocycles. The molecule has 11 nitrogen and oxygen atoms in total. The third kappa shape index (κ3) is 7.36. The van der Waals surface area contributed by atoms with Gasteiger partial charge >= 0.3 is 12.1 Å². The lowest BCUT2D eigenvalue weighted by Crippen LogP contribution is -2.34. The molecule has 4 rings (SSSR count). The molecule has 0 aromatic heterocycles. The van der Waals surface area contributed by atoms with E-state index in [1.807, 2.05) is 10.8 Å². The van der Waals surface area contributed by atoms with E-state index in [0.717, 1.165) is 0 Å². The van der Waals surface area contributed by atoms with E-state index < -0.39 is 32.1 Å². The molecule has 4 aromatic carbocycles. The van der Waals surface area contributed by atoms with Crippen molar-refractivity contribution in [3.8, 4) is 0 Å². The van der Waals surface area contributed by atoms with Gasteiger partial charge in [0.1, 0.15) is 0 Å². The molecular formula is C27H25N5O6S2. The third-order valence-corrected chi connectivity index (χ3v) is 8.11. The van der Waals surface area contributed by atoms with E-state index >= 15 is 0 Å². The molecule has 4 amide bonds. The van der Waals surface area contributed by atoms with Crippen molar-refractivity contribution in [2.45, 2.75) is 16.7 Å². The number of urea groups is 2. The van der Waals surface area contributed by atoms with Gasteiger partial charge in [-0.3, -0.25) is 4.72 Å². The molecule has 0 unspecified atom stereocenters. The Morgan fingerprint density at radius 1 is 0.550 bits per heavy atom. The van der Waals surface area contributed by atoms with Crippen molar-refractivity contribution >= 4 is 54.9 Å². The average Bonchev–Trinajstić information content (AvgIpc) is 2.90. The Kier molecular flexibility index (Phi) is 8.36. The topological polar surface area (TPSA) is 163 Å². The predicted molar refractivity (Wildman–Crippen MR) is 153 cm³/mol. The lowest BCUT2D eigenvalue weighted by atomic mass is 10.2. The van der Waals surface area contributed by atoms with Crippen molar-refractivity contribution in [1.82, 2.24) is 4.72 Å². The first-order chi connectivity index (χ1) is 19.0. The van der Waals surface area contributed by atoms with Crippen LogP contribution in [0.2, 0.25) is 0 Å². The Morgan fingerprint density at radius 2 is 1.15 bits per heavy atom. The molecule has 206 valence electrons. The maximum absolute atomic E-state index is 13.0. The summed E-state index contributed by atoms with van der Waals surface area (Å²) in [7, 11) is -8.19. The molecule has 0 radical (unpaired) electrons. The van der Waals surface area contributed by atoms with E-state index in [1.165, 1.54) is 42.5 Å². The van der Waals surface area contributed by atoms with E-state index in [1.54, 1.807) is 61.5 Å². The van der Waals surface area contributed by atoms with Gasteiger partial charge in [0, 0.05) is 11.4 Å². The van der Waals surface area contributed by atoms with Crippen LogP contribution < -0.4 is 25.4 Å². The first-order valence-corrected chi connectivity index (χ1v) is 14.7. The molecule has 0 saturated heterocycles. The second-order valence-corrected chi connectivity index (χ2v) is 11.9. The van der Waals surface area contributed by atoms with Crippen molar-refractivity contribution in [1.29, 1.82) is 0 Å². The molecule has 0 saturated carbocycles. The number of rotatable bonds is 8. The number of sulfonamides is 2. The van der Waals surface area contributed by atoms with Crippen LogP contribution in [0.25, 0.3) is 0 Å². The quantitative estimate of drug-likeness (QED) is 0.198. The normalized spacial score (nSPS) is 11.2. The van der Waals surface area contributed by atoms with Gasteiger partial charge in [-0.25, -0.2) is 31.1 Å². The largest absolute Gasteiger partial charge is 0.333 e. The first kappa shape index (κ1) is 28.1. The Balaban J connectivity index is 1.41. The third-order valence-electron chi connectivity index (χ3n) is 5.40. The highest BCUT2D eigenvalue weighted by Gasteiger charge is 2.19. The van der Waals surface area contributed by atoms with Crippen LogP contribution in [0.4, 0.5) is 32.3 Å². The number of carbonyl (C=O) groups is 2. The molecule has 40 heavy (non-hydrogen) atoms. The molecule has 13 heteroatoms. The van der Waals surface area contributed by atoms with Crippen LogP contribution >= 0.6 is 0 Å². The minimum Gasteiger partial charge on any atom is -0.308 e. The smallest absolute Gasteiger partial charge is 0.308 e. The fourth-order valence-electron chi connectivity index (χ4n) is 3.53. The summed E-state index contributed by atoms with van der Waals surface area (Å²) in [6.07, 6.45) is 0. The molecule has 0 fully saturated rings. The molecule has 0 bridgehead atoms. The van der Waals surface area contributed by atoms with E-state index in [-0.39, 0.29) is 26.9 Å². The molecule has 0 aliphatic carbocycles. The molecule has 5 N–H and O–H groups in total. The van der Waals surface area contributed by atoms with Gasteiger partial charge in [-0.15, -0.1) is 0 Å².